The quantitative estimate of drug-likeness (QED) is 0.710. The molecule has 0 amide bonds. The molecule has 0 aliphatic rings. The third kappa shape index (κ3) is 3.38. The Balaban J connectivity index is 2.48. The zero-order valence-electron chi connectivity index (χ0n) is 8.17. The largest absolute Gasteiger partial charge is 0.369 e. The Morgan fingerprint density at radius 3 is 2.54 bits per heavy atom. The fourth-order valence-corrected chi connectivity index (χ4v) is 0.972. The van der Waals surface area contributed by atoms with E-state index in [1.165, 1.54) is 0 Å². The van der Waals surface area contributed by atoms with Crippen LogP contribution in [0.25, 0.3) is 0 Å². The summed E-state index contributed by atoms with van der Waals surface area (Å²) in [7, 11) is 0. The minimum atomic E-state index is 0.788. The van der Waals surface area contributed by atoms with Gasteiger partial charge < -0.3 is 10.6 Å². The highest BCUT2D eigenvalue weighted by molar-refractivity contribution is 5.30. The zero-order chi connectivity index (χ0) is 9.52. The summed E-state index contributed by atoms with van der Waals surface area (Å²) in [6, 6.07) is 0. The second-order valence-corrected chi connectivity index (χ2v) is 2.70. The Hall–Kier alpha value is -1.16. The Labute approximate surface area is 78.8 Å². The van der Waals surface area contributed by atoms with Crippen molar-refractivity contribution in [3.63, 3.8) is 0 Å². The summed E-state index contributed by atoms with van der Waals surface area (Å²) in [5.74, 6) is 0.836. The zero-order valence-corrected chi connectivity index (χ0v) is 8.17. The molecule has 0 aromatic carbocycles. The van der Waals surface area contributed by atoms with Crippen molar-refractivity contribution in [3.05, 3.63) is 18.1 Å². The van der Waals surface area contributed by atoms with E-state index in [9.17, 15) is 0 Å². The average molecular weight is 180 g/mol. The van der Waals surface area contributed by atoms with Gasteiger partial charge in [0.25, 0.3) is 0 Å². The molecule has 4 heteroatoms. The van der Waals surface area contributed by atoms with Gasteiger partial charge >= 0.3 is 0 Å². The second-order valence-electron chi connectivity index (χ2n) is 2.70. The summed E-state index contributed by atoms with van der Waals surface area (Å²) in [5.41, 5.74) is 0.975. The van der Waals surface area contributed by atoms with Crippen molar-refractivity contribution < 1.29 is 0 Å². The van der Waals surface area contributed by atoms with Crippen molar-refractivity contribution in [3.8, 4) is 0 Å². The van der Waals surface area contributed by atoms with Crippen molar-refractivity contribution in [2.75, 3.05) is 18.4 Å². The molecule has 0 bridgehead atoms. The van der Waals surface area contributed by atoms with Crippen LogP contribution in [0.3, 0.4) is 0 Å². The van der Waals surface area contributed by atoms with E-state index >= 15 is 0 Å². The first-order valence-corrected chi connectivity index (χ1v) is 4.62. The molecule has 0 fully saturated rings. The lowest BCUT2D eigenvalue weighted by atomic mass is 10.4. The molecule has 1 rings (SSSR count). The summed E-state index contributed by atoms with van der Waals surface area (Å²) in [5, 5.41) is 6.29. The van der Waals surface area contributed by atoms with Gasteiger partial charge in [0, 0.05) is 13.1 Å². The highest BCUT2D eigenvalue weighted by atomic mass is 15.0. The van der Waals surface area contributed by atoms with Crippen LogP contribution in [-0.4, -0.2) is 23.1 Å². The van der Waals surface area contributed by atoms with Crippen molar-refractivity contribution in [2.45, 2.75) is 20.4 Å². The van der Waals surface area contributed by atoms with Crippen LogP contribution >= 0.6 is 0 Å². The molecule has 4 nitrogen and oxygen atoms in total. The van der Waals surface area contributed by atoms with Gasteiger partial charge in [0.05, 0.1) is 18.1 Å². The van der Waals surface area contributed by atoms with Crippen LogP contribution in [0.1, 0.15) is 19.5 Å². The number of hydrogen-bond acceptors (Lipinski definition) is 4. The summed E-state index contributed by atoms with van der Waals surface area (Å²) >= 11 is 0. The predicted molar refractivity (Wildman–Crippen MR) is 53.6 cm³/mol. The molecular weight excluding hydrogens is 164 g/mol. The molecule has 0 aliphatic carbocycles. The molecule has 1 aromatic heterocycles. The summed E-state index contributed by atoms with van der Waals surface area (Å²) in [4.78, 5) is 8.46. The molecule has 0 saturated carbocycles. The predicted octanol–water partition coefficient (Wildman–Crippen LogP) is 1.02. The van der Waals surface area contributed by atoms with Crippen LogP contribution in [0.4, 0.5) is 5.82 Å². The monoisotopic (exact) mass is 180 g/mol. The molecule has 2 N–H and O–H groups in total. The fraction of sp³-hybridized carbons (Fsp3) is 0.556. The molecule has 72 valence electrons. The van der Waals surface area contributed by atoms with Crippen molar-refractivity contribution in [2.24, 2.45) is 0 Å². The fourth-order valence-electron chi connectivity index (χ4n) is 0.972. The Bertz CT molecular complexity index is 232. The Kier molecular flexibility index (Phi) is 4.18. The normalized spacial score (nSPS) is 10.0. The van der Waals surface area contributed by atoms with Crippen molar-refractivity contribution in [1.29, 1.82) is 0 Å². The smallest absolute Gasteiger partial charge is 0.144 e. The number of anilines is 1. The number of nitrogens with zero attached hydrogens (tertiary/aromatic N) is 2. The van der Waals surface area contributed by atoms with Crippen LogP contribution in [0.2, 0.25) is 0 Å². The summed E-state index contributed by atoms with van der Waals surface area (Å²) in [6.45, 7) is 6.72. The molecule has 0 unspecified atom stereocenters. The standard InChI is InChI=1S/C9H16N4/c1-3-10-5-8-6-13-9(7-12-8)11-4-2/h6-7,10H,3-5H2,1-2H3,(H,11,13). The lowest BCUT2D eigenvalue weighted by Crippen LogP contribution is -2.13. The first-order chi connectivity index (χ1) is 6.36. The van der Waals surface area contributed by atoms with Crippen LogP contribution in [0, 0.1) is 0 Å². The number of hydrogen-bond donors (Lipinski definition) is 2. The highest BCUT2D eigenvalue weighted by Crippen LogP contribution is 1.99. The van der Waals surface area contributed by atoms with E-state index in [2.05, 4.69) is 27.5 Å². The van der Waals surface area contributed by atoms with Gasteiger partial charge in [-0.05, 0) is 13.5 Å². The van der Waals surface area contributed by atoms with Gasteiger partial charge in [-0.25, -0.2) is 4.98 Å². The third-order valence-corrected chi connectivity index (χ3v) is 1.62. The van der Waals surface area contributed by atoms with Crippen molar-refractivity contribution >= 4 is 5.82 Å². The molecule has 13 heavy (non-hydrogen) atoms. The maximum Gasteiger partial charge on any atom is 0.144 e. The topological polar surface area (TPSA) is 49.8 Å². The van der Waals surface area contributed by atoms with Crippen LogP contribution in [0.5, 0.6) is 0 Å². The first kappa shape index (κ1) is 9.92. The highest BCUT2D eigenvalue weighted by Gasteiger charge is 1.94. The van der Waals surface area contributed by atoms with E-state index in [0.29, 0.717) is 0 Å². The molecule has 1 heterocycles. The molecule has 0 atom stereocenters. The van der Waals surface area contributed by atoms with Gasteiger partial charge in [-0.15, -0.1) is 0 Å². The summed E-state index contributed by atoms with van der Waals surface area (Å²) < 4.78 is 0. The van der Waals surface area contributed by atoms with E-state index in [1.54, 1.807) is 12.4 Å². The number of rotatable bonds is 5. The molecule has 0 aliphatic heterocycles. The lowest BCUT2D eigenvalue weighted by molar-refractivity contribution is 0.707. The van der Waals surface area contributed by atoms with E-state index in [1.807, 2.05) is 6.92 Å². The molecule has 0 saturated heterocycles. The SMILES string of the molecule is CCNCc1cnc(NCC)cn1. The third-order valence-electron chi connectivity index (χ3n) is 1.62. The van der Waals surface area contributed by atoms with E-state index < -0.39 is 0 Å². The van der Waals surface area contributed by atoms with Gasteiger partial charge in [-0.3, -0.25) is 4.98 Å². The van der Waals surface area contributed by atoms with Gasteiger partial charge in [0.1, 0.15) is 5.82 Å². The van der Waals surface area contributed by atoms with Crippen LogP contribution in [-0.2, 0) is 6.54 Å². The van der Waals surface area contributed by atoms with Gasteiger partial charge in [0.2, 0.25) is 0 Å². The van der Waals surface area contributed by atoms with E-state index in [0.717, 1.165) is 31.1 Å². The molecule has 0 radical (unpaired) electrons. The maximum absolute atomic E-state index is 4.25. The van der Waals surface area contributed by atoms with Crippen molar-refractivity contribution in [1.82, 2.24) is 15.3 Å². The van der Waals surface area contributed by atoms with Gasteiger partial charge in [-0.2, -0.15) is 0 Å². The Morgan fingerprint density at radius 2 is 2.00 bits per heavy atom. The molecule has 0 spiro atoms. The van der Waals surface area contributed by atoms with E-state index in [-0.39, 0.29) is 0 Å². The van der Waals surface area contributed by atoms with Gasteiger partial charge in [-0.1, -0.05) is 6.92 Å². The van der Waals surface area contributed by atoms with Crippen LogP contribution in [0.15, 0.2) is 12.4 Å². The van der Waals surface area contributed by atoms with E-state index in [4.69, 9.17) is 0 Å². The molecule has 1 aromatic rings. The summed E-state index contributed by atoms with van der Waals surface area (Å²) in [6.07, 6.45) is 3.55. The second kappa shape index (κ2) is 5.48. The first-order valence-electron chi connectivity index (χ1n) is 4.62. The number of nitrogens with one attached hydrogen (secondary N) is 2. The maximum atomic E-state index is 4.25. The molecular formula is C9H16N4. The van der Waals surface area contributed by atoms with Crippen LogP contribution < -0.4 is 10.6 Å². The lowest BCUT2D eigenvalue weighted by Gasteiger charge is -2.03. The minimum Gasteiger partial charge on any atom is -0.369 e. The number of aromatic nitrogens is 2. The average Bonchev–Trinajstić information content (AvgIpc) is 2.17. The minimum absolute atomic E-state index is 0.788. The van der Waals surface area contributed by atoms with Gasteiger partial charge in [0.15, 0.2) is 0 Å². The Morgan fingerprint density at radius 1 is 1.15 bits per heavy atom.